The molecule has 0 fully saturated rings. The fraction of sp³-hybridized carbons (Fsp3) is 0.867. The van der Waals surface area contributed by atoms with Gasteiger partial charge in [-0.1, -0.05) is 26.7 Å². The Labute approximate surface area is 122 Å². The van der Waals surface area contributed by atoms with Crippen molar-refractivity contribution in [3.05, 3.63) is 0 Å². The summed E-state index contributed by atoms with van der Waals surface area (Å²) in [7, 11) is 0. The number of carboxylic acids is 1. The van der Waals surface area contributed by atoms with Crippen molar-refractivity contribution in [3.8, 4) is 0 Å². The van der Waals surface area contributed by atoms with E-state index < -0.39 is 11.4 Å². The summed E-state index contributed by atoms with van der Waals surface area (Å²) in [6.07, 6.45) is 4.51. The lowest BCUT2D eigenvalue weighted by molar-refractivity contribution is -0.139. The summed E-state index contributed by atoms with van der Waals surface area (Å²) in [5.74, 6) is -1.21. The van der Waals surface area contributed by atoms with E-state index in [4.69, 9.17) is 5.11 Å². The molecule has 0 saturated carbocycles. The van der Waals surface area contributed by atoms with Crippen LogP contribution in [-0.2, 0) is 9.59 Å². The van der Waals surface area contributed by atoms with E-state index in [1.807, 2.05) is 13.8 Å². The SMILES string of the molecule is CCCCN(CCCC)CC(C)(C)C(=O)NCC(=O)O. The van der Waals surface area contributed by atoms with E-state index in [1.54, 1.807) is 0 Å². The summed E-state index contributed by atoms with van der Waals surface area (Å²) < 4.78 is 0. The van der Waals surface area contributed by atoms with Gasteiger partial charge in [-0.15, -0.1) is 0 Å². The molecule has 0 aliphatic carbocycles. The van der Waals surface area contributed by atoms with Gasteiger partial charge in [0, 0.05) is 6.54 Å². The minimum Gasteiger partial charge on any atom is -0.480 e. The summed E-state index contributed by atoms with van der Waals surface area (Å²) in [6.45, 7) is 10.4. The number of unbranched alkanes of at least 4 members (excludes halogenated alkanes) is 2. The smallest absolute Gasteiger partial charge is 0.322 e. The monoisotopic (exact) mass is 286 g/mol. The highest BCUT2D eigenvalue weighted by atomic mass is 16.4. The van der Waals surface area contributed by atoms with E-state index in [0.717, 1.165) is 38.8 Å². The Morgan fingerprint density at radius 2 is 1.60 bits per heavy atom. The fourth-order valence-corrected chi connectivity index (χ4v) is 2.06. The van der Waals surface area contributed by atoms with E-state index in [-0.39, 0.29) is 12.5 Å². The largest absolute Gasteiger partial charge is 0.480 e. The second kappa shape index (κ2) is 9.75. The molecule has 5 heteroatoms. The number of hydrogen-bond acceptors (Lipinski definition) is 3. The van der Waals surface area contributed by atoms with Crippen molar-refractivity contribution in [3.63, 3.8) is 0 Å². The number of carbonyl (C=O) groups excluding carboxylic acids is 1. The molecule has 0 spiro atoms. The third-order valence-corrected chi connectivity index (χ3v) is 3.29. The minimum atomic E-state index is -1.01. The molecule has 0 saturated heterocycles. The molecule has 0 aromatic heterocycles. The molecule has 2 N–H and O–H groups in total. The van der Waals surface area contributed by atoms with E-state index >= 15 is 0 Å². The van der Waals surface area contributed by atoms with Crippen molar-refractivity contribution in [2.75, 3.05) is 26.2 Å². The molecule has 0 aliphatic heterocycles. The second-order valence-corrected chi connectivity index (χ2v) is 5.94. The summed E-state index contributed by atoms with van der Waals surface area (Å²) in [5, 5.41) is 11.1. The molecule has 5 nitrogen and oxygen atoms in total. The van der Waals surface area contributed by atoms with Crippen LogP contribution in [0.15, 0.2) is 0 Å². The number of amides is 1. The molecule has 0 aromatic carbocycles. The van der Waals surface area contributed by atoms with Gasteiger partial charge >= 0.3 is 5.97 Å². The van der Waals surface area contributed by atoms with E-state index in [2.05, 4.69) is 24.1 Å². The first-order chi connectivity index (χ1) is 9.33. The average molecular weight is 286 g/mol. The van der Waals surface area contributed by atoms with Gasteiger partial charge < -0.3 is 15.3 Å². The molecular weight excluding hydrogens is 256 g/mol. The average Bonchev–Trinajstić information content (AvgIpc) is 2.38. The van der Waals surface area contributed by atoms with Crippen molar-refractivity contribution < 1.29 is 14.7 Å². The molecule has 0 heterocycles. The third kappa shape index (κ3) is 8.15. The number of carboxylic acid groups (broad SMARTS) is 1. The molecule has 0 atom stereocenters. The number of carbonyl (C=O) groups is 2. The second-order valence-electron chi connectivity index (χ2n) is 5.94. The maximum absolute atomic E-state index is 12.1. The highest BCUT2D eigenvalue weighted by Gasteiger charge is 2.29. The number of aliphatic carboxylic acids is 1. The van der Waals surface area contributed by atoms with Gasteiger partial charge in [0.2, 0.25) is 5.91 Å². The zero-order chi connectivity index (χ0) is 15.6. The van der Waals surface area contributed by atoms with Crippen LogP contribution in [0.4, 0.5) is 0 Å². The van der Waals surface area contributed by atoms with Crippen LogP contribution >= 0.6 is 0 Å². The molecule has 0 aliphatic rings. The van der Waals surface area contributed by atoms with E-state index in [9.17, 15) is 9.59 Å². The molecule has 0 rings (SSSR count). The van der Waals surface area contributed by atoms with Gasteiger partial charge in [0.1, 0.15) is 6.54 Å². The predicted molar refractivity (Wildman–Crippen MR) is 80.7 cm³/mol. The van der Waals surface area contributed by atoms with Crippen LogP contribution < -0.4 is 5.32 Å². The van der Waals surface area contributed by atoms with Gasteiger partial charge in [-0.2, -0.15) is 0 Å². The molecule has 0 radical (unpaired) electrons. The molecule has 1 amide bonds. The molecular formula is C15H30N2O3. The van der Waals surface area contributed by atoms with Crippen molar-refractivity contribution in [2.45, 2.75) is 53.4 Å². The van der Waals surface area contributed by atoms with Gasteiger partial charge in [0.15, 0.2) is 0 Å². The van der Waals surface area contributed by atoms with E-state index in [0.29, 0.717) is 6.54 Å². The van der Waals surface area contributed by atoms with Gasteiger partial charge in [-0.05, 0) is 39.8 Å². The van der Waals surface area contributed by atoms with Crippen LogP contribution in [0.2, 0.25) is 0 Å². The van der Waals surface area contributed by atoms with Crippen molar-refractivity contribution in [1.29, 1.82) is 0 Å². The first-order valence-electron chi connectivity index (χ1n) is 7.56. The molecule has 0 unspecified atom stereocenters. The van der Waals surface area contributed by atoms with Crippen LogP contribution in [0.5, 0.6) is 0 Å². The molecule has 0 aromatic rings. The Bertz CT molecular complexity index is 295. The van der Waals surface area contributed by atoms with Gasteiger partial charge in [-0.25, -0.2) is 0 Å². The summed E-state index contributed by atoms with van der Waals surface area (Å²) in [5.41, 5.74) is -0.572. The number of hydrogen-bond donors (Lipinski definition) is 2. The van der Waals surface area contributed by atoms with Crippen LogP contribution in [0.3, 0.4) is 0 Å². The summed E-state index contributed by atoms with van der Waals surface area (Å²) in [4.78, 5) is 24.9. The van der Waals surface area contributed by atoms with Crippen molar-refractivity contribution in [2.24, 2.45) is 5.41 Å². The Morgan fingerprint density at radius 3 is 2.00 bits per heavy atom. The van der Waals surface area contributed by atoms with E-state index in [1.165, 1.54) is 0 Å². The maximum Gasteiger partial charge on any atom is 0.322 e. The molecule has 0 bridgehead atoms. The highest BCUT2D eigenvalue weighted by molar-refractivity contribution is 5.85. The van der Waals surface area contributed by atoms with Crippen LogP contribution in [0.1, 0.15) is 53.4 Å². The minimum absolute atomic E-state index is 0.196. The Kier molecular flexibility index (Phi) is 9.21. The Balaban J connectivity index is 4.46. The summed E-state index contributed by atoms with van der Waals surface area (Å²) in [6, 6.07) is 0. The normalized spacial score (nSPS) is 11.7. The lowest BCUT2D eigenvalue weighted by Gasteiger charge is -2.31. The van der Waals surface area contributed by atoms with Gasteiger partial charge in [0.05, 0.1) is 5.41 Å². The molecule has 20 heavy (non-hydrogen) atoms. The number of nitrogens with one attached hydrogen (secondary N) is 1. The maximum atomic E-state index is 12.1. The zero-order valence-electron chi connectivity index (χ0n) is 13.4. The van der Waals surface area contributed by atoms with Crippen LogP contribution in [0, 0.1) is 5.41 Å². The number of nitrogens with zero attached hydrogens (tertiary/aromatic N) is 1. The number of rotatable bonds is 11. The lowest BCUT2D eigenvalue weighted by Crippen LogP contribution is -2.46. The topological polar surface area (TPSA) is 69.6 Å². The Hall–Kier alpha value is -1.10. The lowest BCUT2D eigenvalue weighted by atomic mass is 9.91. The van der Waals surface area contributed by atoms with Crippen LogP contribution in [0.25, 0.3) is 0 Å². The standard InChI is InChI=1S/C15H30N2O3/c1-5-7-9-17(10-8-6-2)12-15(3,4)14(20)16-11-13(18)19/h5-12H2,1-4H3,(H,16,20)(H,18,19). The molecule has 118 valence electrons. The first kappa shape index (κ1) is 18.9. The first-order valence-corrected chi connectivity index (χ1v) is 7.56. The highest BCUT2D eigenvalue weighted by Crippen LogP contribution is 2.18. The van der Waals surface area contributed by atoms with Crippen LogP contribution in [-0.4, -0.2) is 48.1 Å². The fourth-order valence-electron chi connectivity index (χ4n) is 2.06. The van der Waals surface area contributed by atoms with Gasteiger partial charge in [0.25, 0.3) is 0 Å². The zero-order valence-corrected chi connectivity index (χ0v) is 13.4. The van der Waals surface area contributed by atoms with Crippen molar-refractivity contribution >= 4 is 11.9 Å². The third-order valence-electron chi connectivity index (χ3n) is 3.29. The van der Waals surface area contributed by atoms with Crippen molar-refractivity contribution in [1.82, 2.24) is 10.2 Å². The summed E-state index contributed by atoms with van der Waals surface area (Å²) >= 11 is 0. The quantitative estimate of drug-likeness (QED) is 0.610. The Morgan fingerprint density at radius 1 is 1.10 bits per heavy atom. The van der Waals surface area contributed by atoms with Gasteiger partial charge in [-0.3, -0.25) is 9.59 Å². The predicted octanol–water partition coefficient (Wildman–Crippen LogP) is 2.12.